The molecule has 2 N–H and O–H groups in total. The average Bonchev–Trinajstić information content (AvgIpc) is 2.81. The largest absolute Gasteiger partial charge is 0.493 e. The minimum atomic E-state index is -0.348. The number of ether oxygens (including phenoxy) is 3. The minimum absolute atomic E-state index is 0.206. The lowest BCUT2D eigenvalue weighted by atomic mass is 10.1. The lowest BCUT2D eigenvalue weighted by Crippen LogP contribution is -2.33. The van der Waals surface area contributed by atoms with Crippen molar-refractivity contribution in [2.75, 3.05) is 34.4 Å². The van der Waals surface area contributed by atoms with Gasteiger partial charge in [0.2, 0.25) is 5.75 Å². The van der Waals surface area contributed by atoms with E-state index in [0.29, 0.717) is 27.7 Å². The van der Waals surface area contributed by atoms with E-state index < -0.39 is 0 Å². The Balaban J connectivity index is 2.40. The molecule has 0 spiro atoms. The molecule has 2 amide bonds. The first-order valence-electron chi connectivity index (χ1n) is 6.81. The van der Waals surface area contributed by atoms with Crippen molar-refractivity contribution in [1.82, 2.24) is 4.90 Å². The van der Waals surface area contributed by atoms with Crippen molar-refractivity contribution >= 4 is 29.0 Å². The van der Waals surface area contributed by atoms with Crippen LogP contribution in [0.4, 0.5) is 4.79 Å². The van der Waals surface area contributed by atoms with Crippen molar-refractivity contribution in [3.8, 4) is 17.2 Å². The number of carbonyl (C=O) groups is 2. The van der Waals surface area contributed by atoms with E-state index in [1.807, 2.05) is 0 Å². The van der Waals surface area contributed by atoms with E-state index in [1.165, 1.54) is 21.3 Å². The number of nitrogens with two attached hydrogens (primary N) is 1. The molecule has 0 saturated carbocycles. The summed E-state index contributed by atoms with van der Waals surface area (Å²) in [4.78, 5) is 25.5. The second-order valence-electron chi connectivity index (χ2n) is 4.58. The van der Waals surface area contributed by atoms with Crippen LogP contribution in [0, 0.1) is 0 Å². The molecule has 1 fully saturated rings. The summed E-state index contributed by atoms with van der Waals surface area (Å²) in [6, 6.07) is 3.41. The SMILES string of the molecule is COc1cc(/C=C2/SC(=O)N(CCN)C2=O)cc(OC)c1OC. The van der Waals surface area contributed by atoms with Crippen molar-refractivity contribution < 1.29 is 23.8 Å². The second kappa shape index (κ2) is 7.38. The molecule has 1 aromatic carbocycles. The number of hydrogen-bond acceptors (Lipinski definition) is 7. The van der Waals surface area contributed by atoms with Gasteiger partial charge in [-0.05, 0) is 35.5 Å². The van der Waals surface area contributed by atoms with Crippen LogP contribution in [0.15, 0.2) is 17.0 Å². The monoisotopic (exact) mass is 338 g/mol. The second-order valence-corrected chi connectivity index (χ2v) is 5.57. The van der Waals surface area contributed by atoms with E-state index in [-0.39, 0.29) is 24.2 Å². The number of carbonyl (C=O) groups excluding carboxylic acids is 2. The van der Waals surface area contributed by atoms with Gasteiger partial charge >= 0.3 is 0 Å². The van der Waals surface area contributed by atoms with Crippen LogP contribution in [0.25, 0.3) is 6.08 Å². The number of hydrogen-bond donors (Lipinski definition) is 1. The molecule has 8 heteroatoms. The summed E-state index contributed by atoms with van der Waals surface area (Å²) in [7, 11) is 4.53. The Bertz CT molecular complexity index is 634. The standard InChI is InChI=1S/C15H18N2O5S/c1-20-10-6-9(7-11(21-2)13(10)22-3)8-12-14(18)17(5-4-16)15(19)23-12/h6-8H,4-5,16H2,1-3H3/b12-8+. The zero-order valence-corrected chi connectivity index (χ0v) is 13.9. The van der Waals surface area contributed by atoms with Crippen LogP contribution < -0.4 is 19.9 Å². The van der Waals surface area contributed by atoms with Crippen LogP contribution in [-0.2, 0) is 4.79 Å². The molecule has 0 unspecified atom stereocenters. The number of methoxy groups -OCH3 is 3. The van der Waals surface area contributed by atoms with Crippen LogP contribution in [-0.4, -0.2) is 50.5 Å². The number of thioether (sulfide) groups is 1. The maximum absolute atomic E-state index is 12.2. The molecule has 1 heterocycles. The van der Waals surface area contributed by atoms with Gasteiger partial charge in [0, 0.05) is 13.1 Å². The fourth-order valence-corrected chi connectivity index (χ4v) is 3.02. The molecule has 2 rings (SSSR count). The molecule has 0 radical (unpaired) electrons. The molecule has 1 aromatic rings. The van der Waals surface area contributed by atoms with E-state index in [4.69, 9.17) is 19.9 Å². The highest BCUT2D eigenvalue weighted by Gasteiger charge is 2.34. The third-order valence-electron chi connectivity index (χ3n) is 3.21. The van der Waals surface area contributed by atoms with Gasteiger partial charge in [0.25, 0.3) is 11.1 Å². The highest BCUT2D eigenvalue weighted by atomic mass is 32.2. The Morgan fingerprint density at radius 1 is 1.13 bits per heavy atom. The van der Waals surface area contributed by atoms with Gasteiger partial charge in [0.15, 0.2) is 11.5 Å². The Labute approximate surface area is 138 Å². The summed E-state index contributed by atoms with van der Waals surface area (Å²) in [5, 5.41) is -0.320. The Morgan fingerprint density at radius 2 is 1.74 bits per heavy atom. The summed E-state index contributed by atoms with van der Waals surface area (Å²) in [6.45, 7) is 0.437. The minimum Gasteiger partial charge on any atom is -0.493 e. The molecule has 1 aliphatic rings. The number of imide groups is 1. The summed E-state index contributed by atoms with van der Waals surface area (Å²) < 4.78 is 15.8. The maximum Gasteiger partial charge on any atom is 0.293 e. The van der Waals surface area contributed by atoms with E-state index >= 15 is 0 Å². The molecule has 0 aromatic heterocycles. The molecule has 7 nitrogen and oxygen atoms in total. The van der Waals surface area contributed by atoms with Crippen molar-refractivity contribution in [3.05, 3.63) is 22.6 Å². The summed E-state index contributed by atoms with van der Waals surface area (Å²) >= 11 is 0.884. The molecule has 1 saturated heterocycles. The van der Waals surface area contributed by atoms with Gasteiger partial charge < -0.3 is 19.9 Å². The van der Waals surface area contributed by atoms with E-state index in [0.717, 1.165) is 16.7 Å². The Kier molecular flexibility index (Phi) is 5.51. The van der Waals surface area contributed by atoms with Crippen LogP contribution >= 0.6 is 11.8 Å². The molecule has 124 valence electrons. The first-order chi connectivity index (χ1) is 11.0. The van der Waals surface area contributed by atoms with Crippen molar-refractivity contribution in [1.29, 1.82) is 0 Å². The van der Waals surface area contributed by atoms with Gasteiger partial charge in [-0.1, -0.05) is 0 Å². The number of benzene rings is 1. The van der Waals surface area contributed by atoms with E-state index in [9.17, 15) is 9.59 Å². The third-order valence-corrected chi connectivity index (χ3v) is 4.12. The lowest BCUT2D eigenvalue weighted by Gasteiger charge is -2.13. The molecule has 0 atom stereocenters. The smallest absolute Gasteiger partial charge is 0.293 e. The molecule has 0 aliphatic carbocycles. The highest BCUT2D eigenvalue weighted by Crippen LogP contribution is 2.40. The Morgan fingerprint density at radius 3 is 2.22 bits per heavy atom. The molecular weight excluding hydrogens is 320 g/mol. The van der Waals surface area contributed by atoms with Crippen LogP contribution in [0.1, 0.15) is 5.56 Å². The fourth-order valence-electron chi connectivity index (χ4n) is 2.16. The van der Waals surface area contributed by atoms with Gasteiger partial charge in [0.05, 0.1) is 26.2 Å². The van der Waals surface area contributed by atoms with Crippen molar-refractivity contribution in [3.63, 3.8) is 0 Å². The van der Waals surface area contributed by atoms with Gasteiger partial charge in [-0.15, -0.1) is 0 Å². The number of amides is 2. The van der Waals surface area contributed by atoms with Crippen LogP contribution in [0.2, 0.25) is 0 Å². The normalized spacial score (nSPS) is 16.2. The first-order valence-corrected chi connectivity index (χ1v) is 7.62. The van der Waals surface area contributed by atoms with Gasteiger partial charge in [-0.25, -0.2) is 0 Å². The Hall–Kier alpha value is -2.19. The zero-order chi connectivity index (χ0) is 17.0. The van der Waals surface area contributed by atoms with Crippen molar-refractivity contribution in [2.45, 2.75) is 0 Å². The van der Waals surface area contributed by atoms with E-state index in [1.54, 1.807) is 18.2 Å². The maximum atomic E-state index is 12.2. The fraction of sp³-hybridized carbons (Fsp3) is 0.333. The van der Waals surface area contributed by atoms with Gasteiger partial charge in [-0.2, -0.15) is 0 Å². The zero-order valence-electron chi connectivity index (χ0n) is 13.1. The third kappa shape index (κ3) is 3.43. The van der Waals surface area contributed by atoms with Crippen molar-refractivity contribution in [2.24, 2.45) is 5.73 Å². The number of rotatable bonds is 6. The quantitative estimate of drug-likeness (QED) is 0.789. The topological polar surface area (TPSA) is 91.1 Å². The molecule has 1 aliphatic heterocycles. The lowest BCUT2D eigenvalue weighted by molar-refractivity contribution is -0.122. The van der Waals surface area contributed by atoms with Crippen LogP contribution in [0.5, 0.6) is 17.2 Å². The van der Waals surface area contributed by atoms with Crippen LogP contribution in [0.3, 0.4) is 0 Å². The first kappa shape index (κ1) is 17.2. The predicted molar refractivity (Wildman–Crippen MR) is 87.8 cm³/mol. The molecule has 23 heavy (non-hydrogen) atoms. The predicted octanol–water partition coefficient (Wildman–Crippen LogP) is 1.71. The van der Waals surface area contributed by atoms with E-state index in [2.05, 4.69) is 0 Å². The summed E-state index contributed by atoms with van der Waals surface area (Å²) in [5.41, 5.74) is 6.08. The number of nitrogens with zero attached hydrogens (tertiary/aromatic N) is 1. The van der Waals surface area contributed by atoms with Gasteiger partial charge in [-0.3, -0.25) is 14.5 Å². The molecule has 0 bridgehead atoms. The average molecular weight is 338 g/mol. The van der Waals surface area contributed by atoms with Gasteiger partial charge in [0.1, 0.15) is 0 Å². The summed E-state index contributed by atoms with van der Waals surface area (Å²) in [5.74, 6) is 1.06. The highest BCUT2D eigenvalue weighted by molar-refractivity contribution is 8.18. The summed E-state index contributed by atoms with van der Waals surface area (Å²) in [6.07, 6.45) is 1.62. The molecular formula is C15H18N2O5S.